The molecular formula is C5H7FIN. The van der Waals surface area contributed by atoms with Crippen molar-refractivity contribution in [3.8, 4) is 0 Å². The first-order valence-electron chi connectivity index (χ1n) is 2.05. The summed E-state index contributed by atoms with van der Waals surface area (Å²) in [5.74, 6) is 0. The first kappa shape index (κ1) is 7.94. The first-order chi connectivity index (χ1) is 3.89. The van der Waals surface area contributed by atoms with Gasteiger partial charge in [0.15, 0.2) is 0 Å². The van der Waals surface area contributed by atoms with E-state index in [2.05, 4.69) is 27.6 Å². The van der Waals surface area contributed by atoms with Gasteiger partial charge in [-0.2, -0.15) is 0 Å². The molecule has 1 rings (SSSR count). The number of halogens is 2. The number of H-pyrrole nitrogens is 1. The lowest BCUT2D eigenvalue weighted by Crippen LogP contribution is -1.47. The molecule has 0 amide bonds. The van der Waals surface area contributed by atoms with Gasteiger partial charge < -0.3 is 4.98 Å². The molecule has 0 aliphatic carbocycles. The molecule has 1 aromatic heterocycles. The van der Waals surface area contributed by atoms with E-state index in [0.29, 0.717) is 7.18 Å². The van der Waals surface area contributed by atoms with Crippen LogP contribution in [0.4, 0.5) is 4.39 Å². The van der Waals surface area contributed by atoms with E-state index < -0.39 is 0 Å². The molecule has 1 aromatic rings. The predicted octanol–water partition coefficient (Wildman–Crippen LogP) is 2.21. The van der Waals surface area contributed by atoms with Crippen molar-refractivity contribution in [3.05, 3.63) is 22.0 Å². The summed E-state index contributed by atoms with van der Waals surface area (Å²) in [6, 6.07) is 2.01. The van der Waals surface area contributed by atoms with Crippen LogP contribution in [0.2, 0.25) is 0 Å². The van der Waals surface area contributed by atoms with Crippen molar-refractivity contribution >= 4 is 22.6 Å². The molecule has 0 aromatic carbocycles. The smallest absolute Gasteiger partial charge is 0.0785 e. The second-order valence-electron chi connectivity index (χ2n) is 1.03. The molecule has 0 bridgehead atoms. The van der Waals surface area contributed by atoms with Crippen LogP contribution in [-0.4, -0.2) is 12.2 Å². The van der Waals surface area contributed by atoms with Gasteiger partial charge in [0.2, 0.25) is 0 Å². The van der Waals surface area contributed by atoms with Crippen LogP contribution in [0.3, 0.4) is 0 Å². The number of aromatic nitrogens is 1. The molecule has 0 fully saturated rings. The van der Waals surface area contributed by atoms with E-state index >= 15 is 0 Å². The highest BCUT2D eigenvalue weighted by molar-refractivity contribution is 14.1. The summed E-state index contributed by atoms with van der Waals surface area (Å²) in [5, 5.41) is 0. The number of hydrogen-bond donors (Lipinski definition) is 1. The molecule has 0 radical (unpaired) electrons. The van der Waals surface area contributed by atoms with Crippen LogP contribution in [0.15, 0.2) is 18.5 Å². The van der Waals surface area contributed by atoms with Crippen LogP contribution in [0.1, 0.15) is 0 Å². The van der Waals surface area contributed by atoms with Crippen LogP contribution < -0.4 is 0 Å². The van der Waals surface area contributed by atoms with Crippen molar-refractivity contribution in [2.24, 2.45) is 0 Å². The Bertz CT molecular complexity index is 116. The Kier molecular flexibility index (Phi) is 5.05. The van der Waals surface area contributed by atoms with Crippen molar-refractivity contribution in [3.63, 3.8) is 0 Å². The Morgan fingerprint density at radius 2 is 2.25 bits per heavy atom. The summed E-state index contributed by atoms with van der Waals surface area (Å²) in [6.07, 6.45) is 3.85. The van der Waals surface area contributed by atoms with Crippen LogP contribution in [0.25, 0.3) is 0 Å². The molecule has 46 valence electrons. The molecule has 0 spiro atoms. The molecule has 1 heterocycles. The summed E-state index contributed by atoms with van der Waals surface area (Å²) < 4.78 is 10.8. The topological polar surface area (TPSA) is 15.8 Å². The van der Waals surface area contributed by atoms with Gasteiger partial charge in [0.25, 0.3) is 0 Å². The van der Waals surface area contributed by atoms with Gasteiger partial charge in [-0.25, -0.2) is 0 Å². The van der Waals surface area contributed by atoms with Gasteiger partial charge in [-0.05, 0) is 28.7 Å². The highest BCUT2D eigenvalue weighted by atomic mass is 127. The van der Waals surface area contributed by atoms with Gasteiger partial charge in [-0.15, -0.1) is 0 Å². The molecule has 3 heteroatoms. The molecule has 0 saturated heterocycles. The van der Waals surface area contributed by atoms with Crippen molar-refractivity contribution in [1.82, 2.24) is 4.98 Å². The fourth-order valence-corrected chi connectivity index (χ4v) is 0.663. The van der Waals surface area contributed by atoms with Crippen LogP contribution >= 0.6 is 22.6 Å². The Morgan fingerprint density at radius 3 is 2.38 bits per heavy atom. The summed E-state index contributed by atoms with van der Waals surface area (Å²) in [5.41, 5.74) is 0. The fourth-order valence-electron chi connectivity index (χ4n) is 0.304. The molecule has 1 nitrogen and oxygen atoms in total. The zero-order chi connectivity index (χ0) is 6.41. The van der Waals surface area contributed by atoms with Crippen molar-refractivity contribution in [2.45, 2.75) is 0 Å². The first-order valence-corrected chi connectivity index (χ1v) is 3.13. The number of hydrogen-bond acceptors (Lipinski definition) is 0. The van der Waals surface area contributed by atoms with Gasteiger partial charge in [0.05, 0.1) is 7.18 Å². The molecule has 8 heavy (non-hydrogen) atoms. The summed E-state index contributed by atoms with van der Waals surface area (Å²) >= 11 is 2.24. The highest BCUT2D eigenvalue weighted by Crippen LogP contribution is 1.98. The standard InChI is InChI=1S/C4H4IN.CH3F/c5-4-1-2-6-3-4;1-2/h1-3,6H;1H3. The Balaban J connectivity index is 0.000000222. The van der Waals surface area contributed by atoms with E-state index in [0.717, 1.165) is 0 Å². The average molecular weight is 227 g/mol. The normalized spacial score (nSPS) is 7.38. The second-order valence-corrected chi connectivity index (χ2v) is 2.27. The van der Waals surface area contributed by atoms with Crippen molar-refractivity contribution in [2.75, 3.05) is 7.18 Å². The maximum Gasteiger partial charge on any atom is 0.0785 e. The summed E-state index contributed by atoms with van der Waals surface area (Å²) in [6.45, 7) is 0. The number of aromatic amines is 1. The lowest BCUT2D eigenvalue weighted by molar-refractivity contribution is 0.636. The fraction of sp³-hybridized carbons (Fsp3) is 0.200. The monoisotopic (exact) mass is 227 g/mol. The third-order valence-corrected chi connectivity index (χ3v) is 1.23. The average Bonchev–Trinajstić information content (AvgIpc) is 2.24. The zero-order valence-electron chi connectivity index (χ0n) is 4.49. The second kappa shape index (κ2) is 5.08. The van der Waals surface area contributed by atoms with Gasteiger partial charge in [0, 0.05) is 16.0 Å². The maximum atomic E-state index is 9.50. The van der Waals surface area contributed by atoms with E-state index in [1.54, 1.807) is 0 Å². The minimum absolute atomic E-state index is 0.500. The molecule has 0 atom stereocenters. The lowest BCUT2D eigenvalue weighted by atomic mass is 10.7. The molecule has 0 unspecified atom stereocenters. The largest absolute Gasteiger partial charge is 0.367 e. The minimum atomic E-state index is 0.500. The van der Waals surface area contributed by atoms with Crippen LogP contribution in [-0.2, 0) is 0 Å². The molecular weight excluding hydrogens is 220 g/mol. The number of nitrogens with one attached hydrogen (secondary N) is 1. The third kappa shape index (κ3) is 3.01. The summed E-state index contributed by atoms with van der Waals surface area (Å²) in [4.78, 5) is 2.92. The number of alkyl halides is 1. The van der Waals surface area contributed by atoms with E-state index in [1.807, 2.05) is 18.5 Å². The van der Waals surface area contributed by atoms with E-state index in [-0.39, 0.29) is 0 Å². The van der Waals surface area contributed by atoms with Gasteiger partial charge >= 0.3 is 0 Å². The molecule has 0 saturated carbocycles. The van der Waals surface area contributed by atoms with Crippen LogP contribution in [0, 0.1) is 3.57 Å². The van der Waals surface area contributed by atoms with E-state index in [4.69, 9.17) is 0 Å². The SMILES string of the molecule is CF.Ic1cc[nH]c1. The Morgan fingerprint density at radius 1 is 1.62 bits per heavy atom. The van der Waals surface area contributed by atoms with Crippen molar-refractivity contribution < 1.29 is 4.39 Å². The Labute approximate surface area is 61.4 Å². The van der Waals surface area contributed by atoms with Crippen molar-refractivity contribution in [1.29, 1.82) is 0 Å². The van der Waals surface area contributed by atoms with E-state index in [9.17, 15) is 4.39 Å². The summed E-state index contributed by atoms with van der Waals surface area (Å²) in [7, 11) is 0.500. The predicted molar refractivity (Wildman–Crippen MR) is 40.5 cm³/mol. The molecule has 0 aliphatic heterocycles. The molecule has 0 aliphatic rings. The Hall–Kier alpha value is -0.0600. The van der Waals surface area contributed by atoms with Crippen LogP contribution in [0.5, 0.6) is 0 Å². The minimum Gasteiger partial charge on any atom is -0.367 e. The maximum absolute atomic E-state index is 9.50. The third-order valence-electron chi connectivity index (χ3n) is 0.560. The number of rotatable bonds is 0. The lowest BCUT2D eigenvalue weighted by Gasteiger charge is -1.62. The quantitative estimate of drug-likeness (QED) is 0.654. The van der Waals surface area contributed by atoms with Gasteiger partial charge in [-0.1, -0.05) is 0 Å². The van der Waals surface area contributed by atoms with Gasteiger partial charge in [-0.3, -0.25) is 4.39 Å². The highest BCUT2D eigenvalue weighted by Gasteiger charge is 1.75. The zero-order valence-corrected chi connectivity index (χ0v) is 6.65. The molecule has 1 N–H and O–H groups in total. The van der Waals surface area contributed by atoms with Gasteiger partial charge in [0.1, 0.15) is 0 Å². The van der Waals surface area contributed by atoms with E-state index in [1.165, 1.54) is 3.57 Å².